The maximum Gasteiger partial charge on any atom is 0.240 e. The first-order valence-corrected chi connectivity index (χ1v) is 10.4. The molecule has 1 aromatic carbocycles. The molecule has 4 rings (SSSR count). The minimum atomic E-state index is -3.69. The van der Waals surface area contributed by atoms with Crippen molar-refractivity contribution in [2.24, 2.45) is 7.05 Å². The molecule has 1 atom stereocenters. The van der Waals surface area contributed by atoms with Gasteiger partial charge in [0.1, 0.15) is 5.76 Å². The number of fused-ring (bicyclic) bond motifs is 1. The number of rotatable bonds is 6. The smallest absolute Gasteiger partial charge is 0.240 e. The first-order valence-electron chi connectivity index (χ1n) is 8.93. The highest BCUT2D eigenvalue weighted by Crippen LogP contribution is 2.23. The van der Waals surface area contributed by atoms with E-state index in [9.17, 15) is 13.5 Å². The third kappa shape index (κ3) is 3.67. The van der Waals surface area contributed by atoms with Gasteiger partial charge in [0, 0.05) is 37.1 Å². The molecule has 0 spiro atoms. The van der Waals surface area contributed by atoms with Crippen molar-refractivity contribution in [1.82, 2.24) is 19.9 Å². The van der Waals surface area contributed by atoms with Gasteiger partial charge in [0.2, 0.25) is 15.0 Å². The predicted molar refractivity (Wildman–Crippen MR) is 106 cm³/mol. The van der Waals surface area contributed by atoms with Gasteiger partial charge in [0.15, 0.2) is 11.8 Å². The Hall–Kier alpha value is -3.01. The minimum absolute atomic E-state index is 0.00988. The summed E-state index contributed by atoms with van der Waals surface area (Å²) in [5.41, 5.74) is 2.18. The van der Waals surface area contributed by atoms with E-state index >= 15 is 0 Å². The van der Waals surface area contributed by atoms with Gasteiger partial charge in [-0.15, -0.1) is 0 Å². The first-order chi connectivity index (χ1) is 13.9. The van der Waals surface area contributed by atoms with Crippen LogP contribution in [0.3, 0.4) is 0 Å². The van der Waals surface area contributed by atoms with Gasteiger partial charge in [-0.2, -0.15) is 0 Å². The minimum Gasteiger partial charge on any atom is -0.455 e. The number of imidazole rings is 1. The van der Waals surface area contributed by atoms with Gasteiger partial charge in [0.05, 0.1) is 11.1 Å². The summed E-state index contributed by atoms with van der Waals surface area (Å²) in [4.78, 5) is 8.16. The van der Waals surface area contributed by atoms with Crippen molar-refractivity contribution in [3.63, 3.8) is 0 Å². The summed E-state index contributed by atoms with van der Waals surface area (Å²) in [6.07, 6.45) is 3.78. The number of furan rings is 1. The maximum atomic E-state index is 12.8. The van der Waals surface area contributed by atoms with Crippen LogP contribution in [0, 0.1) is 6.92 Å². The highest BCUT2D eigenvalue weighted by atomic mass is 32.2. The molecule has 29 heavy (non-hydrogen) atoms. The molecule has 3 aromatic heterocycles. The van der Waals surface area contributed by atoms with Crippen molar-refractivity contribution < 1.29 is 17.9 Å². The van der Waals surface area contributed by atoms with E-state index in [1.165, 1.54) is 18.3 Å². The molecule has 9 heteroatoms. The van der Waals surface area contributed by atoms with E-state index in [4.69, 9.17) is 4.42 Å². The van der Waals surface area contributed by atoms with Crippen LogP contribution in [0.1, 0.15) is 23.2 Å². The summed E-state index contributed by atoms with van der Waals surface area (Å²) >= 11 is 0. The normalized spacial score (nSPS) is 13.1. The van der Waals surface area contributed by atoms with Gasteiger partial charge >= 0.3 is 0 Å². The molecule has 0 radical (unpaired) electrons. The van der Waals surface area contributed by atoms with Crippen molar-refractivity contribution in [2.45, 2.75) is 29.7 Å². The fourth-order valence-corrected chi connectivity index (χ4v) is 4.37. The molecular formula is C20H20N4O4S. The fraction of sp³-hybridized carbons (Fsp3) is 0.200. The van der Waals surface area contributed by atoms with Gasteiger partial charge < -0.3 is 14.1 Å². The molecule has 0 fully saturated rings. The highest BCUT2D eigenvalue weighted by molar-refractivity contribution is 7.91. The Morgan fingerprint density at radius 2 is 1.97 bits per heavy atom. The third-order valence-corrected chi connectivity index (χ3v) is 6.52. The van der Waals surface area contributed by atoms with Crippen LogP contribution in [-0.4, -0.2) is 28.1 Å². The molecular weight excluding hydrogens is 392 g/mol. The zero-order valence-corrected chi connectivity index (χ0v) is 16.7. The molecule has 3 heterocycles. The number of hydrogen-bond donors (Lipinski definition) is 2. The molecule has 8 nitrogen and oxygen atoms in total. The number of aliphatic hydroxyl groups is 1. The topological polar surface area (TPSA) is 110 Å². The lowest BCUT2D eigenvalue weighted by Crippen LogP contribution is -2.19. The van der Waals surface area contributed by atoms with Crippen LogP contribution in [0.15, 0.2) is 69.5 Å². The number of aryl methyl sites for hydroxylation is 1. The van der Waals surface area contributed by atoms with Gasteiger partial charge in [0.25, 0.3) is 0 Å². The number of sulfone groups is 1. The Labute approximate surface area is 167 Å². The number of hydrogen-bond acceptors (Lipinski definition) is 7. The summed E-state index contributed by atoms with van der Waals surface area (Å²) < 4.78 is 32.6. The molecule has 2 N–H and O–H groups in total. The number of pyridine rings is 1. The lowest BCUT2D eigenvalue weighted by Gasteiger charge is -2.11. The second-order valence-electron chi connectivity index (χ2n) is 6.73. The Morgan fingerprint density at radius 1 is 1.21 bits per heavy atom. The number of nitrogens with zero attached hydrogens (tertiary/aromatic N) is 3. The van der Waals surface area contributed by atoms with Crippen LogP contribution in [0.25, 0.3) is 11.0 Å². The zero-order chi connectivity index (χ0) is 20.6. The van der Waals surface area contributed by atoms with Crippen LogP contribution in [0.4, 0.5) is 0 Å². The van der Waals surface area contributed by atoms with Gasteiger partial charge in [-0.25, -0.2) is 13.4 Å². The molecule has 0 aliphatic rings. The number of benzene rings is 1. The van der Waals surface area contributed by atoms with E-state index in [1.807, 2.05) is 0 Å². The van der Waals surface area contributed by atoms with Crippen molar-refractivity contribution in [1.29, 1.82) is 0 Å². The molecule has 0 aliphatic carbocycles. The summed E-state index contributed by atoms with van der Waals surface area (Å²) in [7, 11) is -2.02. The van der Waals surface area contributed by atoms with E-state index < -0.39 is 16.1 Å². The van der Waals surface area contributed by atoms with Crippen molar-refractivity contribution >= 4 is 20.8 Å². The van der Waals surface area contributed by atoms with Crippen LogP contribution in [0.5, 0.6) is 0 Å². The monoisotopic (exact) mass is 412 g/mol. The number of nitrogens with one attached hydrogen (secondary N) is 1. The maximum absolute atomic E-state index is 12.8. The molecule has 0 aliphatic heterocycles. The first kappa shape index (κ1) is 19.3. The summed E-state index contributed by atoms with van der Waals surface area (Å²) in [6, 6.07) is 10.0. The number of aliphatic hydroxyl groups excluding tert-OH is 1. The average Bonchev–Trinajstić information content (AvgIpc) is 3.30. The second-order valence-corrected chi connectivity index (χ2v) is 8.58. The van der Waals surface area contributed by atoms with Crippen LogP contribution in [0.2, 0.25) is 0 Å². The van der Waals surface area contributed by atoms with Crippen molar-refractivity contribution in [2.75, 3.05) is 0 Å². The van der Waals surface area contributed by atoms with Gasteiger partial charge in [-0.1, -0.05) is 12.1 Å². The van der Waals surface area contributed by atoms with Crippen LogP contribution < -0.4 is 5.32 Å². The number of aromatic nitrogens is 3. The Morgan fingerprint density at radius 3 is 2.62 bits per heavy atom. The molecule has 0 bridgehead atoms. The zero-order valence-electron chi connectivity index (χ0n) is 15.9. The van der Waals surface area contributed by atoms with E-state index in [0.29, 0.717) is 17.9 Å². The molecule has 0 saturated carbocycles. The summed E-state index contributed by atoms with van der Waals surface area (Å²) in [5, 5.41) is 14.1. The summed E-state index contributed by atoms with van der Waals surface area (Å²) in [6.45, 7) is 2.13. The molecule has 150 valence electrons. The Bertz CT molecular complexity index is 1230. The predicted octanol–water partition coefficient (Wildman–Crippen LogP) is 2.48. The quantitative estimate of drug-likeness (QED) is 0.468. The second kappa shape index (κ2) is 7.43. The SMILES string of the molecule is Cc1cnc(S(=O)(=O)c2ccc(CNC(O)c3cc4ccncc4o3)cc2)n1C. The lowest BCUT2D eigenvalue weighted by atomic mass is 10.2. The fourth-order valence-electron chi connectivity index (χ4n) is 2.97. The van der Waals surface area contributed by atoms with Crippen LogP contribution >= 0.6 is 0 Å². The van der Waals surface area contributed by atoms with Gasteiger partial charge in [-0.05, 0) is 36.8 Å². The largest absolute Gasteiger partial charge is 0.455 e. The third-order valence-electron chi connectivity index (χ3n) is 4.76. The van der Waals surface area contributed by atoms with E-state index in [0.717, 1.165) is 16.6 Å². The van der Waals surface area contributed by atoms with Crippen LogP contribution in [-0.2, 0) is 23.4 Å². The molecule has 4 aromatic rings. The molecule has 0 amide bonds. The summed E-state index contributed by atoms with van der Waals surface area (Å²) in [5.74, 6) is 0.386. The Kier molecular flexibility index (Phi) is 4.95. The highest BCUT2D eigenvalue weighted by Gasteiger charge is 2.23. The lowest BCUT2D eigenvalue weighted by molar-refractivity contribution is 0.114. The van der Waals surface area contributed by atoms with Crippen molar-refractivity contribution in [3.8, 4) is 0 Å². The standard InChI is InChI=1S/C20H20N4O4S/c1-13-10-23-20(24(13)2)29(26,27)16-5-3-14(4-6-16)11-22-19(25)17-9-15-7-8-21-12-18(15)28-17/h3-10,12,19,22,25H,11H2,1-2H3. The van der Waals surface area contributed by atoms with Crippen molar-refractivity contribution in [3.05, 3.63) is 72.0 Å². The molecule has 0 saturated heterocycles. The average molecular weight is 412 g/mol. The van der Waals surface area contributed by atoms with E-state index in [-0.39, 0.29) is 10.1 Å². The Balaban J connectivity index is 1.46. The van der Waals surface area contributed by atoms with E-state index in [1.54, 1.807) is 55.2 Å². The molecule has 1 unspecified atom stereocenters. The van der Waals surface area contributed by atoms with Gasteiger partial charge in [-0.3, -0.25) is 10.3 Å². The van der Waals surface area contributed by atoms with E-state index in [2.05, 4.69) is 15.3 Å².